The maximum Gasteiger partial charge on any atom is 0.462 e. The summed E-state index contributed by atoms with van der Waals surface area (Å²) in [6.07, 6.45) is 3.79. The number of carbonyl (C=O) groups excluding carboxylic acids is 1. The highest BCUT2D eigenvalue weighted by Crippen LogP contribution is 2.39. The first-order valence-electron chi connectivity index (χ1n) is 13.2. The second kappa shape index (κ2) is 11.7. The van der Waals surface area contributed by atoms with Crippen LogP contribution >= 0.6 is 0 Å². The Morgan fingerprint density at radius 3 is 1.84 bits per heavy atom. The summed E-state index contributed by atoms with van der Waals surface area (Å²) in [4.78, 5) is 12.5. The fourth-order valence-electron chi connectivity index (χ4n) is 4.96. The lowest BCUT2D eigenvalue weighted by atomic mass is 9.80. The van der Waals surface area contributed by atoms with Gasteiger partial charge in [0.15, 0.2) is 0 Å². The van der Waals surface area contributed by atoms with Crippen molar-refractivity contribution in [2.45, 2.75) is 83.9 Å². The first-order valence-corrected chi connectivity index (χ1v) is 15.1. The molecule has 0 saturated carbocycles. The van der Waals surface area contributed by atoms with E-state index in [4.69, 9.17) is 18.5 Å². The molecular weight excluding hydrogens is 479 g/mol. The Hall–Kier alpha value is -2.19. The number of ether oxygens (including phenoxy) is 1. The minimum atomic E-state index is -2.57. The van der Waals surface area contributed by atoms with E-state index < -0.39 is 26.6 Å². The molecule has 5 nitrogen and oxygen atoms in total. The minimum absolute atomic E-state index is 0.0700. The molecule has 0 N–H and O–H groups in total. The van der Waals surface area contributed by atoms with Crippen molar-refractivity contribution in [3.05, 3.63) is 72.3 Å². The van der Waals surface area contributed by atoms with Gasteiger partial charge in [0, 0.05) is 18.5 Å². The smallest absolute Gasteiger partial charge is 0.462 e. The van der Waals surface area contributed by atoms with Gasteiger partial charge in [-0.05, 0) is 55.9 Å². The molecule has 0 bridgehead atoms. The summed E-state index contributed by atoms with van der Waals surface area (Å²) < 4.78 is 24.2. The Labute approximate surface area is 224 Å². The highest BCUT2D eigenvalue weighted by Gasteiger charge is 2.52. The van der Waals surface area contributed by atoms with Gasteiger partial charge >= 0.3 is 13.1 Å². The van der Waals surface area contributed by atoms with Crippen molar-refractivity contribution in [1.29, 1.82) is 0 Å². The number of hydrogen-bond acceptors (Lipinski definition) is 5. The van der Waals surface area contributed by atoms with Crippen molar-refractivity contribution < 1.29 is 23.3 Å². The fraction of sp³-hybridized carbons (Fsp3) is 0.500. The molecule has 7 heteroatoms. The number of carbonyl (C=O) groups is 1. The number of esters is 1. The molecule has 200 valence electrons. The predicted octanol–water partition coefficient (Wildman–Crippen LogP) is 5.53. The van der Waals surface area contributed by atoms with E-state index >= 15 is 0 Å². The molecule has 0 aliphatic carbocycles. The SMILES string of the molecule is COC(=O)/C(=C\CCCO[Si](c1ccccc1)(c1ccccc1)C(C)(C)C)CB1OC(C)(C)C(C)(C)O1. The molecule has 1 heterocycles. The zero-order chi connectivity index (χ0) is 27.3. The van der Waals surface area contributed by atoms with Gasteiger partial charge in [-0.25, -0.2) is 4.79 Å². The van der Waals surface area contributed by atoms with Crippen molar-refractivity contribution in [3.63, 3.8) is 0 Å². The second-order valence-electron chi connectivity index (χ2n) is 11.8. The molecule has 0 radical (unpaired) electrons. The van der Waals surface area contributed by atoms with Crippen LogP contribution in [0.1, 0.15) is 61.3 Å². The number of rotatable bonds is 10. The standard InChI is InChI=1S/C30H43BO5Si/c1-28(2,3)37(25-18-11-9-12-19-25,26-20-13-10-14-21-26)34-22-16-15-17-24(27(32)33-8)23-31-35-29(4,5)30(6,7)36-31/h9-14,17-21H,15-16,22-23H2,1-8H3/b24-17-. The lowest BCUT2D eigenvalue weighted by Gasteiger charge is -2.43. The van der Waals surface area contributed by atoms with Crippen molar-refractivity contribution in [2.75, 3.05) is 13.7 Å². The van der Waals surface area contributed by atoms with Gasteiger partial charge in [-0.1, -0.05) is 87.5 Å². The first-order chi connectivity index (χ1) is 17.3. The molecule has 1 aliphatic rings. The van der Waals surface area contributed by atoms with Crippen LogP contribution in [0, 0.1) is 0 Å². The van der Waals surface area contributed by atoms with Gasteiger partial charge in [0.2, 0.25) is 0 Å². The van der Waals surface area contributed by atoms with Crippen molar-refractivity contribution in [2.24, 2.45) is 0 Å². The average molecular weight is 523 g/mol. The summed E-state index contributed by atoms with van der Waals surface area (Å²) in [6.45, 7) is 15.5. The summed E-state index contributed by atoms with van der Waals surface area (Å²) in [6, 6.07) is 21.3. The summed E-state index contributed by atoms with van der Waals surface area (Å²) in [5, 5.41) is 2.46. The number of hydrogen-bond donors (Lipinski definition) is 0. The number of benzene rings is 2. The van der Waals surface area contributed by atoms with Crippen LogP contribution in [-0.4, -0.2) is 46.3 Å². The topological polar surface area (TPSA) is 54.0 Å². The Bertz CT molecular complexity index is 1000. The maximum atomic E-state index is 12.5. The molecule has 1 aliphatic heterocycles. The van der Waals surface area contributed by atoms with E-state index in [1.54, 1.807) is 0 Å². The first kappa shape index (κ1) is 29.4. The summed E-state index contributed by atoms with van der Waals surface area (Å²) >= 11 is 0. The van der Waals surface area contributed by atoms with E-state index in [0.29, 0.717) is 24.9 Å². The lowest BCUT2D eigenvalue weighted by Crippen LogP contribution is -2.66. The molecule has 0 amide bonds. The molecule has 0 aromatic heterocycles. The Balaban J connectivity index is 1.75. The van der Waals surface area contributed by atoms with E-state index in [2.05, 4.69) is 81.4 Å². The largest absolute Gasteiger partial charge is 0.466 e. The van der Waals surface area contributed by atoms with Crippen LogP contribution in [0.5, 0.6) is 0 Å². The van der Waals surface area contributed by atoms with Gasteiger partial charge in [0.25, 0.3) is 8.32 Å². The molecule has 2 aromatic carbocycles. The molecule has 1 fully saturated rings. The van der Waals surface area contributed by atoms with E-state index in [-0.39, 0.29) is 11.0 Å². The Kier molecular flexibility index (Phi) is 9.28. The minimum Gasteiger partial charge on any atom is -0.466 e. The molecule has 37 heavy (non-hydrogen) atoms. The van der Waals surface area contributed by atoms with Gasteiger partial charge in [-0.2, -0.15) is 0 Å². The lowest BCUT2D eigenvalue weighted by molar-refractivity contribution is -0.136. The fourth-order valence-corrected chi connectivity index (χ4v) is 9.56. The van der Waals surface area contributed by atoms with Gasteiger partial charge in [-0.15, -0.1) is 0 Å². The third-order valence-corrected chi connectivity index (χ3v) is 12.7. The van der Waals surface area contributed by atoms with E-state index in [1.807, 2.05) is 33.8 Å². The molecule has 0 atom stereocenters. The van der Waals surface area contributed by atoms with Crippen LogP contribution < -0.4 is 10.4 Å². The highest BCUT2D eigenvalue weighted by molar-refractivity contribution is 6.99. The summed E-state index contributed by atoms with van der Waals surface area (Å²) in [7, 11) is -1.64. The number of allylic oxidation sites excluding steroid dienone is 1. The summed E-state index contributed by atoms with van der Waals surface area (Å²) in [5.74, 6) is -0.345. The van der Waals surface area contributed by atoms with Crippen LogP contribution in [0.2, 0.25) is 11.4 Å². The third-order valence-electron chi connectivity index (χ3n) is 7.61. The molecule has 3 rings (SSSR count). The van der Waals surface area contributed by atoms with Crippen molar-refractivity contribution >= 4 is 31.8 Å². The van der Waals surface area contributed by atoms with Crippen LogP contribution in [0.3, 0.4) is 0 Å². The normalized spacial score (nSPS) is 17.6. The van der Waals surface area contributed by atoms with Gasteiger partial charge in [0.1, 0.15) is 0 Å². The second-order valence-corrected chi connectivity index (χ2v) is 16.1. The zero-order valence-corrected chi connectivity index (χ0v) is 24.8. The number of unbranched alkanes of at least 4 members (excludes halogenated alkanes) is 1. The third kappa shape index (κ3) is 6.45. The highest BCUT2D eigenvalue weighted by atomic mass is 28.4. The average Bonchev–Trinajstić information content (AvgIpc) is 3.05. The summed E-state index contributed by atoms with van der Waals surface area (Å²) in [5.41, 5.74) is -0.308. The maximum absolute atomic E-state index is 12.5. The van der Waals surface area contributed by atoms with Crippen molar-refractivity contribution in [3.8, 4) is 0 Å². The van der Waals surface area contributed by atoms with Crippen molar-refractivity contribution in [1.82, 2.24) is 0 Å². The Morgan fingerprint density at radius 1 is 0.919 bits per heavy atom. The molecule has 1 saturated heterocycles. The number of methoxy groups -OCH3 is 1. The van der Waals surface area contributed by atoms with Gasteiger partial charge in [0.05, 0.1) is 18.3 Å². The van der Waals surface area contributed by atoms with E-state index in [0.717, 1.165) is 6.42 Å². The van der Waals surface area contributed by atoms with E-state index in [1.165, 1.54) is 17.5 Å². The monoisotopic (exact) mass is 522 g/mol. The molecule has 2 aromatic rings. The van der Waals surface area contributed by atoms with Crippen LogP contribution in [0.25, 0.3) is 0 Å². The quantitative estimate of drug-likeness (QED) is 0.178. The molecular formula is C30H43BO5Si. The van der Waals surface area contributed by atoms with Crippen LogP contribution in [0.4, 0.5) is 0 Å². The van der Waals surface area contributed by atoms with Gasteiger partial charge < -0.3 is 18.5 Å². The van der Waals surface area contributed by atoms with Crippen LogP contribution in [0.15, 0.2) is 72.3 Å². The Morgan fingerprint density at radius 2 is 1.41 bits per heavy atom. The van der Waals surface area contributed by atoms with Gasteiger partial charge in [-0.3, -0.25) is 0 Å². The van der Waals surface area contributed by atoms with E-state index in [9.17, 15) is 4.79 Å². The molecule has 0 unspecified atom stereocenters. The van der Waals surface area contributed by atoms with Crippen LogP contribution in [-0.2, 0) is 23.3 Å². The predicted molar refractivity (Wildman–Crippen MR) is 154 cm³/mol. The zero-order valence-electron chi connectivity index (χ0n) is 23.8. The molecule has 0 spiro atoms.